The number of aliphatic hydroxyl groups is 1. The Balaban J connectivity index is 1.69. The van der Waals surface area contributed by atoms with Crippen molar-refractivity contribution >= 4 is 28.3 Å². The topological polar surface area (TPSA) is 68.4 Å². The van der Waals surface area contributed by atoms with Gasteiger partial charge in [0, 0.05) is 53.9 Å². The van der Waals surface area contributed by atoms with Crippen LogP contribution in [0.4, 0.5) is 0 Å². The Hall–Kier alpha value is -2.18. The molecule has 0 spiro atoms. The number of fused-ring (bicyclic) bond motifs is 1. The Morgan fingerprint density at radius 1 is 1.07 bits per heavy atom. The van der Waals surface area contributed by atoms with E-state index in [0.717, 1.165) is 42.6 Å². The van der Waals surface area contributed by atoms with E-state index >= 15 is 0 Å². The molecule has 2 aromatic carbocycles. The summed E-state index contributed by atoms with van der Waals surface area (Å²) in [5.41, 5.74) is 2.30. The molecule has 140 valence electrons. The largest absolute Gasteiger partial charge is 0.383 e. The van der Waals surface area contributed by atoms with Gasteiger partial charge in [0.25, 0.3) is 0 Å². The number of benzene rings is 2. The lowest BCUT2D eigenvalue weighted by atomic mass is 9.93. The van der Waals surface area contributed by atoms with Gasteiger partial charge in [-0.15, -0.1) is 0 Å². The van der Waals surface area contributed by atoms with Gasteiger partial charge < -0.3 is 15.4 Å². The van der Waals surface area contributed by atoms with Crippen LogP contribution in [0.1, 0.15) is 22.0 Å². The van der Waals surface area contributed by atoms with Gasteiger partial charge in [0.15, 0.2) is 5.78 Å². The number of aromatic amines is 1. The van der Waals surface area contributed by atoms with Gasteiger partial charge in [0.1, 0.15) is 6.10 Å². The lowest BCUT2D eigenvalue weighted by Crippen LogP contribution is -2.49. The number of para-hydroxylation sites is 1. The molecule has 1 aliphatic rings. The summed E-state index contributed by atoms with van der Waals surface area (Å²) in [5, 5.41) is 15.9. The molecular weight excluding hydrogens is 362 g/mol. The van der Waals surface area contributed by atoms with Gasteiger partial charge in [0.05, 0.1) is 6.04 Å². The van der Waals surface area contributed by atoms with Crippen LogP contribution in [0.2, 0.25) is 5.02 Å². The summed E-state index contributed by atoms with van der Waals surface area (Å²) in [4.78, 5) is 18.5. The van der Waals surface area contributed by atoms with Crippen molar-refractivity contribution in [3.8, 4) is 0 Å². The van der Waals surface area contributed by atoms with Crippen LogP contribution in [0, 0.1) is 0 Å². The minimum Gasteiger partial charge on any atom is -0.383 e. The first-order valence-electron chi connectivity index (χ1n) is 9.14. The third kappa shape index (κ3) is 3.64. The summed E-state index contributed by atoms with van der Waals surface area (Å²) in [5.74, 6) is -0.272. The highest BCUT2D eigenvalue weighted by atomic mass is 35.5. The van der Waals surface area contributed by atoms with Gasteiger partial charge in [-0.3, -0.25) is 9.69 Å². The second-order valence-electron chi connectivity index (χ2n) is 6.84. The van der Waals surface area contributed by atoms with E-state index in [0.29, 0.717) is 10.6 Å². The summed E-state index contributed by atoms with van der Waals surface area (Å²) >= 11 is 6.03. The summed E-state index contributed by atoms with van der Waals surface area (Å²) in [7, 11) is 0. The van der Waals surface area contributed by atoms with Gasteiger partial charge in [-0.2, -0.15) is 0 Å². The van der Waals surface area contributed by atoms with Crippen LogP contribution in [0.25, 0.3) is 10.9 Å². The molecule has 0 aliphatic carbocycles. The van der Waals surface area contributed by atoms with E-state index in [-0.39, 0.29) is 5.78 Å². The minimum absolute atomic E-state index is 0.272. The van der Waals surface area contributed by atoms with Gasteiger partial charge in [-0.25, -0.2) is 0 Å². The minimum atomic E-state index is -1.16. The van der Waals surface area contributed by atoms with Gasteiger partial charge in [0.2, 0.25) is 0 Å². The predicted molar refractivity (Wildman–Crippen MR) is 107 cm³/mol. The number of carbonyl (C=O) groups is 1. The van der Waals surface area contributed by atoms with Gasteiger partial charge in [-0.05, 0) is 23.8 Å². The van der Waals surface area contributed by atoms with Crippen LogP contribution in [0.5, 0.6) is 0 Å². The van der Waals surface area contributed by atoms with Crippen LogP contribution < -0.4 is 5.32 Å². The molecule has 0 bridgehead atoms. The molecule has 1 aromatic heterocycles. The number of halogens is 1. The van der Waals surface area contributed by atoms with Crippen LogP contribution in [-0.4, -0.2) is 53.1 Å². The van der Waals surface area contributed by atoms with Crippen LogP contribution >= 0.6 is 11.6 Å². The van der Waals surface area contributed by atoms with E-state index in [1.54, 1.807) is 18.3 Å². The third-order valence-electron chi connectivity index (χ3n) is 5.18. The zero-order valence-electron chi connectivity index (χ0n) is 14.9. The van der Waals surface area contributed by atoms with Crippen molar-refractivity contribution in [2.24, 2.45) is 0 Å². The van der Waals surface area contributed by atoms with Gasteiger partial charge in [-0.1, -0.05) is 41.9 Å². The van der Waals surface area contributed by atoms with Crippen molar-refractivity contribution in [3.05, 3.63) is 70.9 Å². The zero-order chi connectivity index (χ0) is 18.8. The highest BCUT2D eigenvalue weighted by Crippen LogP contribution is 2.30. The number of ketones is 1. The first-order valence-corrected chi connectivity index (χ1v) is 9.51. The number of aliphatic hydroxyl groups excluding tert-OH is 1. The fourth-order valence-corrected chi connectivity index (χ4v) is 3.92. The Bertz CT molecular complexity index is 932. The molecule has 1 aliphatic heterocycles. The highest BCUT2D eigenvalue weighted by Gasteiger charge is 2.34. The molecule has 6 heteroatoms. The van der Waals surface area contributed by atoms with Crippen molar-refractivity contribution in [1.29, 1.82) is 0 Å². The zero-order valence-corrected chi connectivity index (χ0v) is 15.6. The maximum absolute atomic E-state index is 13.2. The average molecular weight is 384 g/mol. The molecule has 5 nitrogen and oxygen atoms in total. The molecule has 27 heavy (non-hydrogen) atoms. The molecule has 0 unspecified atom stereocenters. The molecule has 2 heterocycles. The molecular formula is C21H22ClN3O2. The van der Waals surface area contributed by atoms with E-state index in [1.807, 2.05) is 36.4 Å². The molecule has 3 aromatic rings. The van der Waals surface area contributed by atoms with Crippen molar-refractivity contribution < 1.29 is 9.90 Å². The van der Waals surface area contributed by atoms with Crippen LogP contribution in [-0.2, 0) is 0 Å². The van der Waals surface area contributed by atoms with Crippen molar-refractivity contribution in [1.82, 2.24) is 15.2 Å². The van der Waals surface area contributed by atoms with Crippen LogP contribution in [0.3, 0.4) is 0 Å². The lowest BCUT2D eigenvalue weighted by Gasteiger charge is -2.37. The first-order chi connectivity index (χ1) is 13.1. The predicted octanol–water partition coefficient (Wildman–Crippen LogP) is 3.01. The van der Waals surface area contributed by atoms with Crippen molar-refractivity contribution in [2.45, 2.75) is 12.1 Å². The van der Waals surface area contributed by atoms with E-state index in [9.17, 15) is 9.90 Å². The van der Waals surface area contributed by atoms with Gasteiger partial charge >= 0.3 is 0 Å². The number of nitrogens with one attached hydrogen (secondary N) is 2. The fraction of sp³-hybridized carbons (Fsp3) is 0.286. The maximum Gasteiger partial charge on any atom is 0.195 e. The van der Waals surface area contributed by atoms with E-state index in [2.05, 4.69) is 15.2 Å². The number of hydrogen-bond donors (Lipinski definition) is 3. The Morgan fingerprint density at radius 2 is 1.78 bits per heavy atom. The van der Waals surface area contributed by atoms with Crippen molar-refractivity contribution in [2.75, 3.05) is 26.2 Å². The summed E-state index contributed by atoms with van der Waals surface area (Å²) < 4.78 is 0. The first kappa shape index (κ1) is 18.2. The molecule has 4 rings (SSSR count). The number of aromatic nitrogens is 1. The molecule has 1 fully saturated rings. The average Bonchev–Trinajstić information content (AvgIpc) is 3.14. The molecule has 1 saturated heterocycles. The Morgan fingerprint density at radius 3 is 2.52 bits per heavy atom. The molecule has 0 saturated carbocycles. The number of rotatable bonds is 5. The maximum atomic E-state index is 13.2. The third-order valence-corrected chi connectivity index (χ3v) is 5.43. The Labute approximate surface area is 162 Å². The summed E-state index contributed by atoms with van der Waals surface area (Å²) in [6.45, 7) is 3.20. The second-order valence-corrected chi connectivity index (χ2v) is 7.28. The highest BCUT2D eigenvalue weighted by molar-refractivity contribution is 6.30. The van der Waals surface area contributed by atoms with E-state index < -0.39 is 12.1 Å². The quantitative estimate of drug-likeness (QED) is 0.592. The molecule has 2 atom stereocenters. The molecule has 3 N–H and O–H groups in total. The standard InChI is InChI=1S/C21H22ClN3O2/c22-15-7-5-14(6-8-15)19(25-11-9-23-10-12-25)21(27)20(26)17-13-24-18-4-2-1-3-16(17)18/h1-8,13,19,21,23-24,27H,9-12H2/t19-,21-/m1/s1. The number of hydrogen-bond acceptors (Lipinski definition) is 4. The molecule has 0 radical (unpaired) electrons. The number of carbonyl (C=O) groups excluding carboxylic acids is 1. The number of nitrogens with zero attached hydrogens (tertiary/aromatic N) is 1. The fourth-order valence-electron chi connectivity index (χ4n) is 3.79. The second kappa shape index (κ2) is 7.82. The SMILES string of the molecule is O=C(c1c[nH]c2ccccc12)[C@H](O)[C@@H](c1ccc(Cl)cc1)N1CCNCC1. The normalized spacial score (nSPS) is 17.7. The van der Waals surface area contributed by atoms with E-state index in [1.165, 1.54) is 0 Å². The summed E-state index contributed by atoms with van der Waals surface area (Å²) in [6.07, 6.45) is 0.524. The van der Waals surface area contributed by atoms with Crippen LogP contribution in [0.15, 0.2) is 54.7 Å². The molecule has 0 amide bonds. The van der Waals surface area contributed by atoms with E-state index in [4.69, 9.17) is 11.6 Å². The number of H-pyrrole nitrogens is 1. The summed E-state index contributed by atoms with van der Waals surface area (Å²) in [6, 6.07) is 14.6. The monoisotopic (exact) mass is 383 g/mol. The lowest BCUT2D eigenvalue weighted by molar-refractivity contribution is 0.0346. The van der Waals surface area contributed by atoms with Crippen molar-refractivity contribution in [3.63, 3.8) is 0 Å². The smallest absolute Gasteiger partial charge is 0.195 e. The Kier molecular flexibility index (Phi) is 5.27. The number of Topliss-reactive ketones (excluding diaryl/α,β-unsaturated/α-hetero) is 1. The number of piperazine rings is 1.